The minimum absolute atomic E-state index is 0.0363. The van der Waals surface area contributed by atoms with Gasteiger partial charge in [0.05, 0.1) is 11.9 Å². The van der Waals surface area contributed by atoms with Crippen LogP contribution in [0, 0.1) is 13.8 Å². The number of nitrogens with one attached hydrogen (secondary N) is 1. The van der Waals surface area contributed by atoms with Crippen LogP contribution in [0.2, 0.25) is 0 Å². The zero-order valence-electron chi connectivity index (χ0n) is 16.8. The van der Waals surface area contributed by atoms with Crippen LogP contribution in [0.15, 0.2) is 40.5 Å². The number of nitrogens with zero attached hydrogens (tertiary/aromatic N) is 2. The smallest absolute Gasteiger partial charge is 0.260 e. The summed E-state index contributed by atoms with van der Waals surface area (Å²) < 4.78 is 0. The molecule has 4 aromatic rings. The van der Waals surface area contributed by atoms with Crippen molar-refractivity contribution in [1.29, 1.82) is 0 Å². The fourth-order valence-electron chi connectivity index (χ4n) is 4.28. The molecule has 1 aliphatic rings. The Hall–Kier alpha value is -2.28. The molecule has 0 aliphatic carbocycles. The van der Waals surface area contributed by atoms with Gasteiger partial charge in [0, 0.05) is 27.9 Å². The van der Waals surface area contributed by atoms with E-state index in [1.165, 1.54) is 16.0 Å². The van der Waals surface area contributed by atoms with Gasteiger partial charge in [-0.1, -0.05) is 29.8 Å². The Bertz CT molecular complexity index is 1250. The van der Waals surface area contributed by atoms with E-state index in [1.54, 1.807) is 11.3 Å². The van der Waals surface area contributed by atoms with Crippen molar-refractivity contribution in [3.8, 4) is 11.1 Å². The Morgan fingerprint density at radius 2 is 2.00 bits per heavy atom. The summed E-state index contributed by atoms with van der Waals surface area (Å²) in [6.45, 7) is 8.05. The maximum atomic E-state index is 13.0. The second-order valence-corrected chi connectivity index (χ2v) is 9.99. The van der Waals surface area contributed by atoms with E-state index >= 15 is 0 Å². The van der Waals surface area contributed by atoms with E-state index < -0.39 is 0 Å². The van der Waals surface area contributed by atoms with Crippen LogP contribution in [0.4, 0.5) is 0 Å². The highest BCUT2D eigenvalue weighted by atomic mass is 32.1. The van der Waals surface area contributed by atoms with Gasteiger partial charge < -0.3 is 4.98 Å². The number of thiophene rings is 2. The van der Waals surface area contributed by atoms with Crippen LogP contribution < -0.4 is 5.56 Å². The summed E-state index contributed by atoms with van der Waals surface area (Å²) in [6.07, 6.45) is 1.07. The predicted octanol–water partition coefficient (Wildman–Crippen LogP) is 5.45. The highest BCUT2D eigenvalue weighted by Crippen LogP contribution is 2.36. The molecule has 0 spiro atoms. The second-order valence-electron chi connectivity index (χ2n) is 7.79. The fraction of sp³-hybridized carbons (Fsp3) is 0.304. The van der Waals surface area contributed by atoms with Gasteiger partial charge in [-0.15, -0.1) is 22.7 Å². The first-order valence-electron chi connectivity index (χ1n) is 9.91. The third-order valence-corrected chi connectivity index (χ3v) is 7.88. The zero-order chi connectivity index (χ0) is 20.1. The van der Waals surface area contributed by atoms with Crippen molar-refractivity contribution in [2.75, 3.05) is 6.54 Å². The fourth-order valence-corrected chi connectivity index (χ4v) is 6.30. The number of aryl methyl sites for hydroxylation is 2. The minimum Gasteiger partial charge on any atom is -0.309 e. The topological polar surface area (TPSA) is 49.0 Å². The normalized spacial score (nSPS) is 17.0. The van der Waals surface area contributed by atoms with Crippen LogP contribution in [0.3, 0.4) is 0 Å². The number of H-pyrrole nitrogens is 1. The van der Waals surface area contributed by atoms with Crippen LogP contribution in [-0.4, -0.2) is 21.4 Å². The Morgan fingerprint density at radius 3 is 2.79 bits per heavy atom. The highest BCUT2D eigenvalue weighted by Gasteiger charge is 2.26. The van der Waals surface area contributed by atoms with E-state index in [9.17, 15) is 4.79 Å². The molecule has 4 heterocycles. The van der Waals surface area contributed by atoms with Crippen molar-refractivity contribution < 1.29 is 0 Å². The number of aromatic nitrogens is 2. The molecular weight excluding hydrogens is 398 g/mol. The van der Waals surface area contributed by atoms with Gasteiger partial charge in [0.15, 0.2) is 0 Å². The molecule has 0 fully saturated rings. The predicted molar refractivity (Wildman–Crippen MR) is 122 cm³/mol. The SMILES string of the molecule is Cc1ccc(-c2c(C)sc3nc(CN4CCc5sccc5[C@@H]4C)[nH]c(=O)c23)cc1. The molecule has 0 amide bonds. The third kappa shape index (κ3) is 3.25. The molecule has 1 aliphatic heterocycles. The average Bonchev–Trinajstić information content (AvgIpc) is 3.29. The molecule has 1 aromatic carbocycles. The lowest BCUT2D eigenvalue weighted by Gasteiger charge is -2.33. The number of rotatable bonds is 3. The molecule has 5 rings (SSSR count). The van der Waals surface area contributed by atoms with E-state index in [1.807, 2.05) is 11.3 Å². The van der Waals surface area contributed by atoms with Crippen molar-refractivity contribution in [3.63, 3.8) is 0 Å². The molecule has 1 N–H and O–H groups in total. The van der Waals surface area contributed by atoms with E-state index in [0.717, 1.165) is 39.6 Å². The van der Waals surface area contributed by atoms with Gasteiger partial charge in [0.2, 0.25) is 0 Å². The van der Waals surface area contributed by atoms with Crippen molar-refractivity contribution in [2.45, 2.75) is 39.8 Å². The number of aromatic amines is 1. The number of benzene rings is 1. The van der Waals surface area contributed by atoms with Crippen LogP contribution >= 0.6 is 22.7 Å². The van der Waals surface area contributed by atoms with Crippen molar-refractivity contribution in [1.82, 2.24) is 14.9 Å². The second kappa shape index (κ2) is 7.20. The first kappa shape index (κ1) is 18.7. The van der Waals surface area contributed by atoms with E-state index in [-0.39, 0.29) is 5.56 Å². The molecule has 3 aromatic heterocycles. The van der Waals surface area contributed by atoms with Gasteiger partial charge in [-0.25, -0.2) is 4.98 Å². The highest BCUT2D eigenvalue weighted by molar-refractivity contribution is 7.19. The zero-order valence-corrected chi connectivity index (χ0v) is 18.4. The summed E-state index contributed by atoms with van der Waals surface area (Å²) in [5, 5.41) is 2.89. The number of fused-ring (bicyclic) bond motifs is 2. The first-order chi connectivity index (χ1) is 14.0. The molecule has 6 heteroatoms. The summed E-state index contributed by atoms with van der Waals surface area (Å²) >= 11 is 3.46. The third-order valence-electron chi connectivity index (χ3n) is 5.88. The Balaban J connectivity index is 1.51. The molecule has 4 nitrogen and oxygen atoms in total. The lowest BCUT2D eigenvalue weighted by Crippen LogP contribution is -2.33. The average molecular weight is 422 g/mol. The van der Waals surface area contributed by atoms with Crippen LogP contribution in [0.1, 0.15) is 39.7 Å². The summed E-state index contributed by atoms with van der Waals surface area (Å²) in [6, 6.07) is 10.9. The van der Waals surface area contributed by atoms with Gasteiger partial charge in [-0.05, 0) is 49.8 Å². The lowest BCUT2D eigenvalue weighted by molar-refractivity contribution is 0.186. The van der Waals surface area contributed by atoms with E-state index in [0.29, 0.717) is 18.0 Å². The number of hydrogen-bond donors (Lipinski definition) is 1. The molecule has 0 unspecified atom stereocenters. The van der Waals surface area contributed by atoms with Crippen molar-refractivity contribution in [3.05, 3.63) is 72.8 Å². The van der Waals surface area contributed by atoms with Crippen LogP contribution in [0.5, 0.6) is 0 Å². The van der Waals surface area contributed by atoms with Gasteiger partial charge >= 0.3 is 0 Å². The van der Waals surface area contributed by atoms with Gasteiger partial charge in [0.25, 0.3) is 5.56 Å². The summed E-state index contributed by atoms with van der Waals surface area (Å²) in [7, 11) is 0. The maximum Gasteiger partial charge on any atom is 0.260 e. The molecule has 0 radical (unpaired) electrons. The molecule has 0 saturated heterocycles. The number of hydrogen-bond acceptors (Lipinski definition) is 5. The summed E-state index contributed by atoms with van der Waals surface area (Å²) in [5.41, 5.74) is 4.68. The quantitative estimate of drug-likeness (QED) is 0.479. The Labute approximate surface area is 177 Å². The molecule has 29 heavy (non-hydrogen) atoms. The molecule has 0 bridgehead atoms. The minimum atomic E-state index is -0.0363. The van der Waals surface area contributed by atoms with Crippen molar-refractivity contribution in [2.24, 2.45) is 0 Å². The van der Waals surface area contributed by atoms with Gasteiger partial charge in [-0.2, -0.15) is 0 Å². The molecular formula is C23H23N3OS2. The summed E-state index contributed by atoms with van der Waals surface area (Å²) in [5.74, 6) is 0.754. The van der Waals surface area contributed by atoms with Gasteiger partial charge in [-0.3, -0.25) is 9.69 Å². The summed E-state index contributed by atoms with van der Waals surface area (Å²) in [4.78, 5) is 26.8. The lowest BCUT2D eigenvalue weighted by atomic mass is 10.0. The van der Waals surface area contributed by atoms with Gasteiger partial charge in [0.1, 0.15) is 10.7 Å². The molecule has 148 valence electrons. The molecule has 0 saturated carbocycles. The van der Waals surface area contributed by atoms with Crippen LogP contribution in [-0.2, 0) is 13.0 Å². The van der Waals surface area contributed by atoms with E-state index in [4.69, 9.17) is 4.98 Å². The van der Waals surface area contributed by atoms with E-state index in [2.05, 4.69) is 66.4 Å². The first-order valence-corrected chi connectivity index (χ1v) is 11.6. The maximum absolute atomic E-state index is 13.0. The Morgan fingerprint density at radius 1 is 1.21 bits per heavy atom. The standard InChI is InChI=1S/C23H23N3OS2/c1-13-4-6-16(7-5-13)20-15(3)29-23-21(20)22(27)24-19(25-23)12-26-10-8-18-17(14(26)2)9-11-28-18/h4-7,9,11,14H,8,10,12H2,1-3H3,(H,24,25,27)/t14-/m0/s1. The van der Waals surface area contributed by atoms with Crippen molar-refractivity contribution >= 4 is 32.9 Å². The monoisotopic (exact) mass is 421 g/mol. The largest absolute Gasteiger partial charge is 0.309 e. The molecule has 1 atom stereocenters. The Kier molecular flexibility index (Phi) is 4.65. The van der Waals surface area contributed by atoms with Crippen LogP contribution in [0.25, 0.3) is 21.3 Å².